The molecular weight excluding hydrogens is 324 g/mol. The molecule has 0 saturated heterocycles. The monoisotopic (exact) mass is 354 g/mol. The maximum atomic E-state index is 10.5. The second kappa shape index (κ2) is 7.86. The van der Waals surface area contributed by atoms with E-state index < -0.39 is 9.04 Å². The quantitative estimate of drug-likeness (QED) is 0.836. The molecule has 134 valence electrons. The average molecular weight is 355 g/mol. The molecule has 0 radical (unpaired) electrons. The van der Waals surface area contributed by atoms with Crippen molar-refractivity contribution in [1.29, 1.82) is 0 Å². The van der Waals surface area contributed by atoms with Gasteiger partial charge in [0.2, 0.25) is 9.04 Å². The number of aliphatic hydroxyl groups excluding tert-OH is 1. The molecule has 1 fully saturated rings. The van der Waals surface area contributed by atoms with E-state index in [2.05, 4.69) is 81.4 Å². The number of hydrogen-bond donors (Lipinski definition) is 1. The highest BCUT2D eigenvalue weighted by Crippen LogP contribution is 2.38. The maximum absolute atomic E-state index is 10.5. The minimum Gasteiger partial charge on any atom is -0.407 e. The summed E-state index contributed by atoms with van der Waals surface area (Å²) in [5, 5.41) is 13.1. The van der Waals surface area contributed by atoms with Crippen LogP contribution in [0, 0.1) is 11.3 Å². The van der Waals surface area contributed by atoms with E-state index in [4.69, 9.17) is 4.43 Å². The molecule has 25 heavy (non-hydrogen) atoms. The molecule has 0 aromatic heterocycles. The van der Waals surface area contributed by atoms with Gasteiger partial charge in [-0.2, -0.15) is 0 Å². The number of benzene rings is 2. The highest BCUT2D eigenvalue weighted by Gasteiger charge is 2.41. The van der Waals surface area contributed by atoms with Crippen molar-refractivity contribution < 1.29 is 9.53 Å². The Kier molecular flexibility index (Phi) is 5.77. The predicted molar refractivity (Wildman–Crippen MR) is 107 cm³/mol. The molecule has 1 saturated carbocycles. The number of rotatable bonds is 5. The topological polar surface area (TPSA) is 29.5 Å². The van der Waals surface area contributed by atoms with Crippen LogP contribution in [0.15, 0.2) is 60.7 Å². The molecule has 3 heteroatoms. The standard InChI is InChI=1S/C22H30O2Si/c1-22(2,3)21(19-15-10-16-20(19)23)24-25(17-11-6-4-7-12-17)18-13-8-5-9-14-18/h4-9,11-14,19-21,23,25H,10,15-16H2,1-3H3/t19-,20-,21?/m0/s1. The van der Waals surface area contributed by atoms with Gasteiger partial charge in [-0.3, -0.25) is 0 Å². The first-order valence-electron chi connectivity index (χ1n) is 9.40. The number of aliphatic hydroxyl groups is 1. The van der Waals surface area contributed by atoms with Gasteiger partial charge >= 0.3 is 0 Å². The summed E-state index contributed by atoms with van der Waals surface area (Å²) < 4.78 is 6.92. The number of hydrogen-bond acceptors (Lipinski definition) is 2. The molecule has 1 N–H and O–H groups in total. The Morgan fingerprint density at radius 1 is 0.920 bits per heavy atom. The molecule has 1 unspecified atom stereocenters. The second-order valence-corrected chi connectivity index (χ2v) is 10.7. The molecule has 3 atom stereocenters. The van der Waals surface area contributed by atoms with Crippen LogP contribution >= 0.6 is 0 Å². The Balaban J connectivity index is 1.95. The van der Waals surface area contributed by atoms with Gasteiger partial charge < -0.3 is 9.53 Å². The van der Waals surface area contributed by atoms with Gasteiger partial charge in [-0.1, -0.05) is 87.9 Å². The molecule has 2 aromatic carbocycles. The maximum Gasteiger partial charge on any atom is 0.240 e. The first kappa shape index (κ1) is 18.4. The fraction of sp³-hybridized carbons (Fsp3) is 0.455. The lowest BCUT2D eigenvalue weighted by molar-refractivity contribution is -0.0129. The van der Waals surface area contributed by atoms with E-state index in [0.29, 0.717) is 0 Å². The lowest BCUT2D eigenvalue weighted by Crippen LogP contribution is -2.52. The normalized spacial score (nSPS) is 22.3. The van der Waals surface area contributed by atoms with Crippen molar-refractivity contribution >= 4 is 19.4 Å². The van der Waals surface area contributed by atoms with Crippen LogP contribution in [0.2, 0.25) is 0 Å². The van der Waals surface area contributed by atoms with E-state index in [-0.39, 0.29) is 23.5 Å². The Morgan fingerprint density at radius 2 is 1.44 bits per heavy atom. The summed E-state index contributed by atoms with van der Waals surface area (Å²) in [4.78, 5) is 0. The summed E-state index contributed by atoms with van der Waals surface area (Å²) in [5.74, 6) is 0.238. The first-order chi connectivity index (χ1) is 12.0. The summed E-state index contributed by atoms with van der Waals surface area (Å²) in [6, 6.07) is 21.3. The van der Waals surface area contributed by atoms with Crippen molar-refractivity contribution in [3.8, 4) is 0 Å². The van der Waals surface area contributed by atoms with Gasteiger partial charge in [0.05, 0.1) is 12.2 Å². The van der Waals surface area contributed by atoms with Gasteiger partial charge in [-0.05, 0) is 28.6 Å². The van der Waals surface area contributed by atoms with Crippen molar-refractivity contribution in [2.75, 3.05) is 0 Å². The fourth-order valence-corrected chi connectivity index (χ4v) is 6.77. The predicted octanol–water partition coefficient (Wildman–Crippen LogP) is 3.12. The first-order valence-corrected chi connectivity index (χ1v) is 11.0. The highest BCUT2D eigenvalue weighted by molar-refractivity contribution is 6.80. The summed E-state index contributed by atoms with van der Waals surface area (Å²) in [6.07, 6.45) is 2.91. The third kappa shape index (κ3) is 4.41. The van der Waals surface area contributed by atoms with Crippen LogP contribution in [0.25, 0.3) is 0 Å². The third-order valence-corrected chi connectivity index (χ3v) is 7.81. The van der Waals surface area contributed by atoms with Crippen LogP contribution in [0.3, 0.4) is 0 Å². The summed E-state index contributed by atoms with van der Waals surface area (Å²) in [6.45, 7) is 6.72. The highest BCUT2D eigenvalue weighted by atomic mass is 28.3. The average Bonchev–Trinajstić information content (AvgIpc) is 3.02. The van der Waals surface area contributed by atoms with Crippen LogP contribution in [-0.2, 0) is 4.43 Å². The zero-order valence-electron chi connectivity index (χ0n) is 15.6. The second-order valence-electron chi connectivity index (χ2n) is 8.29. The van der Waals surface area contributed by atoms with Crippen LogP contribution < -0.4 is 10.4 Å². The van der Waals surface area contributed by atoms with E-state index in [1.54, 1.807) is 0 Å². The van der Waals surface area contributed by atoms with E-state index in [0.717, 1.165) is 19.3 Å². The van der Waals surface area contributed by atoms with Gasteiger partial charge in [0.15, 0.2) is 0 Å². The minimum absolute atomic E-state index is 0.00476. The largest absolute Gasteiger partial charge is 0.407 e. The Morgan fingerprint density at radius 3 is 1.84 bits per heavy atom. The minimum atomic E-state index is -1.80. The van der Waals surface area contributed by atoms with Gasteiger partial charge in [0.1, 0.15) is 0 Å². The van der Waals surface area contributed by atoms with Crippen molar-refractivity contribution in [3.63, 3.8) is 0 Å². The van der Waals surface area contributed by atoms with Crippen LogP contribution in [-0.4, -0.2) is 26.4 Å². The molecule has 0 spiro atoms. The van der Waals surface area contributed by atoms with Crippen LogP contribution in [0.5, 0.6) is 0 Å². The van der Waals surface area contributed by atoms with E-state index >= 15 is 0 Å². The van der Waals surface area contributed by atoms with Crippen LogP contribution in [0.1, 0.15) is 40.0 Å². The zero-order chi connectivity index (χ0) is 17.9. The van der Waals surface area contributed by atoms with Crippen molar-refractivity contribution in [2.45, 2.75) is 52.2 Å². The SMILES string of the molecule is CC(C)(C)C(O[SiH](c1ccccc1)c1ccccc1)[C@H]1CCC[C@@H]1O. The Labute approximate surface area is 153 Å². The fourth-order valence-electron chi connectivity index (χ4n) is 4.02. The molecule has 1 aliphatic rings. The summed E-state index contributed by atoms with van der Waals surface area (Å²) in [5.41, 5.74) is 0.00476. The van der Waals surface area contributed by atoms with E-state index in [9.17, 15) is 5.11 Å². The van der Waals surface area contributed by atoms with Gasteiger partial charge in [-0.15, -0.1) is 0 Å². The van der Waals surface area contributed by atoms with Gasteiger partial charge in [-0.25, -0.2) is 0 Å². The third-order valence-electron chi connectivity index (χ3n) is 5.26. The van der Waals surface area contributed by atoms with Gasteiger partial charge in [0, 0.05) is 5.92 Å². The Hall–Kier alpha value is -1.42. The molecular formula is C22H30O2Si. The van der Waals surface area contributed by atoms with Crippen LogP contribution in [0.4, 0.5) is 0 Å². The van der Waals surface area contributed by atoms with Gasteiger partial charge in [0.25, 0.3) is 0 Å². The molecule has 3 rings (SSSR count). The molecule has 0 heterocycles. The molecule has 0 bridgehead atoms. The molecule has 2 nitrogen and oxygen atoms in total. The van der Waals surface area contributed by atoms with Crippen molar-refractivity contribution in [3.05, 3.63) is 60.7 Å². The molecule has 1 aliphatic carbocycles. The molecule has 0 amide bonds. The van der Waals surface area contributed by atoms with Crippen molar-refractivity contribution in [1.82, 2.24) is 0 Å². The molecule has 0 aliphatic heterocycles. The van der Waals surface area contributed by atoms with E-state index in [1.807, 2.05) is 0 Å². The zero-order valence-corrected chi connectivity index (χ0v) is 16.7. The summed E-state index contributed by atoms with van der Waals surface area (Å²) in [7, 11) is -1.80. The Bertz CT molecular complexity index is 611. The van der Waals surface area contributed by atoms with E-state index in [1.165, 1.54) is 10.4 Å². The smallest absolute Gasteiger partial charge is 0.240 e. The molecule has 2 aromatic rings. The summed E-state index contributed by atoms with van der Waals surface area (Å²) >= 11 is 0. The van der Waals surface area contributed by atoms with Crippen molar-refractivity contribution in [2.24, 2.45) is 11.3 Å². The lowest BCUT2D eigenvalue weighted by Gasteiger charge is -2.39. The lowest BCUT2D eigenvalue weighted by atomic mass is 9.80.